The molecule has 3 nitrogen and oxygen atoms in total. The van der Waals surface area contributed by atoms with Gasteiger partial charge in [-0.1, -0.05) is 74.6 Å². The Bertz CT molecular complexity index is 1200. The summed E-state index contributed by atoms with van der Waals surface area (Å²) in [7, 11) is 2.11. The zero-order valence-electron chi connectivity index (χ0n) is 21.9. The predicted octanol–water partition coefficient (Wildman–Crippen LogP) is 7.31. The lowest BCUT2D eigenvalue weighted by Crippen LogP contribution is -2.33. The smallest absolute Gasteiger partial charge is 0.0571 e. The molecular formula is C33H39N3. The Hall–Kier alpha value is -3.64. The second-order valence-electron chi connectivity index (χ2n) is 10.1. The van der Waals surface area contributed by atoms with Gasteiger partial charge >= 0.3 is 0 Å². The number of rotatable bonds is 10. The van der Waals surface area contributed by atoms with Crippen LogP contribution in [-0.4, -0.2) is 36.5 Å². The van der Waals surface area contributed by atoms with Crippen molar-refractivity contribution in [2.24, 2.45) is 0 Å². The van der Waals surface area contributed by atoms with Crippen LogP contribution in [0.25, 0.3) is 0 Å². The van der Waals surface area contributed by atoms with Gasteiger partial charge in [0.1, 0.15) is 0 Å². The second kappa shape index (κ2) is 11.4. The molecule has 0 aromatic heterocycles. The molecule has 2 aliphatic heterocycles. The second-order valence-corrected chi connectivity index (χ2v) is 10.1. The molecule has 1 aliphatic carbocycles. The average Bonchev–Trinajstić information content (AvgIpc) is 3.17. The molecule has 0 N–H and O–H groups in total. The Morgan fingerprint density at radius 3 is 2.53 bits per heavy atom. The Labute approximate surface area is 218 Å². The van der Waals surface area contributed by atoms with E-state index in [-0.39, 0.29) is 0 Å². The fourth-order valence-electron chi connectivity index (χ4n) is 5.01. The zero-order valence-corrected chi connectivity index (χ0v) is 21.9. The third-order valence-electron chi connectivity index (χ3n) is 7.32. The van der Waals surface area contributed by atoms with Crippen LogP contribution in [0.5, 0.6) is 0 Å². The number of anilines is 1. The number of fused-ring (bicyclic) bond motifs is 1. The maximum atomic E-state index is 4.50. The van der Waals surface area contributed by atoms with Crippen LogP contribution >= 0.6 is 0 Å². The highest BCUT2D eigenvalue weighted by molar-refractivity contribution is 5.67. The lowest BCUT2D eigenvalue weighted by molar-refractivity contribution is 0.426. The van der Waals surface area contributed by atoms with Crippen LogP contribution in [0.3, 0.4) is 0 Å². The van der Waals surface area contributed by atoms with Crippen LogP contribution in [0, 0.1) is 11.8 Å². The summed E-state index contributed by atoms with van der Waals surface area (Å²) in [5.41, 5.74) is 10.5. The standard InChI is InChI=1S/C33H39N3/c1-25(22-35-27(3)18-19-28(35)4)12-11-13-26(2)34(6)23-29(5)36-24-32-16-8-7-14-30(32)20-21-31-15-9-10-17-33(31)36/h8-10,15-17H,1-5,7,11-14,18-19,22-24H2,6H3. The molecule has 1 fully saturated rings. The number of hydrogen-bond acceptors (Lipinski definition) is 3. The summed E-state index contributed by atoms with van der Waals surface area (Å²) in [5.74, 6) is 6.85. The van der Waals surface area contributed by atoms with Crippen LogP contribution in [0.4, 0.5) is 5.69 Å². The lowest BCUT2D eigenvalue weighted by atomic mass is 9.95. The van der Waals surface area contributed by atoms with Gasteiger partial charge < -0.3 is 14.7 Å². The van der Waals surface area contributed by atoms with Crippen LogP contribution in [0.15, 0.2) is 109 Å². The molecule has 3 aliphatic rings. The molecule has 0 amide bonds. The number of nitrogens with zero attached hydrogens (tertiary/aromatic N) is 3. The van der Waals surface area contributed by atoms with Crippen molar-refractivity contribution in [3.05, 3.63) is 114 Å². The van der Waals surface area contributed by atoms with Gasteiger partial charge in [0.05, 0.1) is 12.2 Å². The van der Waals surface area contributed by atoms with E-state index in [0.717, 1.165) is 98.6 Å². The first-order valence-electron chi connectivity index (χ1n) is 13.0. The van der Waals surface area contributed by atoms with E-state index < -0.39 is 0 Å². The molecule has 0 atom stereocenters. The van der Waals surface area contributed by atoms with Crippen molar-refractivity contribution in [2.45, 2.75) is 44.9 Å². The minimum absolute atomic E-state index is 0.724. The van der Waals surface area contributed by atoms with Gasteiger partial charge in [0.15, 0.2) is 0 Å². The van der Waals surface area contributed by atoms with Gasteiger partial charge in [0, 0.05) is 54.1 Å². The fourth-order valence-corrected chi connectivity index (χ4v) is 5.01. The third kappa shape index (κ3) is 5.94. The van der Waals surface area contributed by atoms with E-state index in [1.807, 2.05) is 0 Å². The third-order valence-corrected chi connectivity index (χ3v) is 7.32. The largest absolute Gasteiger partial charge is 0.373 e. The average molecular weight is 478 g/mol. The summed E-state index contributed by atoms with van der Waals surface area (Å²) in [5, 5.41) is 0. The van der Waals surface area contributed by atoms with Crippen LogP contribution < -0.4 is 4.90 Å². The number of likely N-dealkylation sites (tertiary alicyclic amines) is 1. The monoisotopic (exact) mass is 477 g/mol. The molecule has 0 unspecified atom stereocenters. The molecule has 0 spiro atoms. The summed E-state index contributed by atoms with van der Waals surface area (Å²) < 4.78 is 0. The van der Waals surface area contributed by atoms with E-state index in [1.165, 1.54) is 16.7 Å². The minimum Gasteiger partial charge on any atom is -0.373 e. The normalized spacial score (nSPS) is 16.6. The first-order valence-corrected chi connectivity index (χ1v) is 13.0. The summed E-state index contributed by atoms with van der Waals surface area (Å²) in [6.07, 6.45) is 11.6. The van der Waals surface area contributed by atoms with E-state index in [9.17, 15) is 0 Å². The van der Waals surface area contributed by atoms with Gasteiger partial charge in [-0.15, -0.1) is 0 Å². The van der Waals surface area contributed by atoms with Crippen LogP contribution in [0.2, 0.25) is 0 Å². The molecule has 36 heavy (non-hydrogen) atoms. The summed E-state index contributed by atoms with van der Waals surface area (Å²) in [6.45, 7) is 23.9. The van der Waals surface area contributed by atoms with Crippen molar-refractivity contribution in [2.75, 3.05) is 31.6 Å². The summed E-state index contributed by atoms with van der Waals surface area (Å²) in [4.78, 5) is 6.78. The van der Waals surface area contributed by atoms with Gasteiger partial charge in [-0.05, 0) is 62.7 Å². The Kier molecular flexibility index (Phi) is 8.06. The van der Waals surface area contributed by atoms with Gasteiger partial charge in [-0.25, -0.2) is 0 Å². The van der Waals surface area contributed by atoms with Crippen molar-refractivity contribution < 1.29 is 0 Å². The highest BCUT2D eigenvalue weighted by Crippen LogP contribution is 2.31. The Morgan fingerprint density at radius 1 is 1.00 bits per heavy atom. The van der Waals surface area contributed by atoms with Crippen LogP contribution in [-0.2, 0) is 0 Å². The van der Waals surface area contributed by atoms with Crippen molar-refractivity contribution in [3.8, 4) is 11.8 Å². The Balaban J connectivity index is 1.34. The van der Waals surface area contributed by atoms with Crippen molar-refractivity contribution in [1.29, 1.82) is 0 Å². The molecule has 186 valence electrons. The molecule has 0 radical (unpaired) electrons. The van der Waals surface area contributed by atoms with E-state index >= 15 is 0 Å². The van der Waals surface area contributed by atoms with Crippen molar-refractivity contribution in [1.82, 2.24) is 9.80 Å². The van der Waals surface area contributed by atoms with Crippen LogP contribution in [0.1, 0.15) is 50.5 Å². The highest BCUT2D eigenvalue weighted by Gasteiger charge is 2.21. The number of allylic oxidation sites excluding steroid dienone is 5. The van der Waals surface area contributed by atoms with E-state index in [2.05, 4.69) is 103 Å². The number of benzene rings is 1. The molecule has 1 saturated heterocycles. The predicted molar refractivity (Wildman–Crippen MR) is 154 cm³/mol. The lowest BCUT2D eigenvalue weighted by Gasteiger charge is -2.33. The van der Waals surface area contributed by atoms with Crippen molar-refractivity contribution in [3.63, 3.8) is 0 Å². The quantitative estimate of drug-likeness (QED) is 0.258. The van der Waals surface area contributed by atoms with E-state index in [0.29, 0.717) is 0 Å². The maximum Gasteiger partial charge on any atom is 0.0571 e. The highest BCUT2D eigenvalue weighted by atomic mass is 15.2. The first-order chi connectivity index (χ1) is 17.3. The van der Waals surface area contributed by atoms with Crippen molar-refractivity contribution >= 4 is 5.69 Å². The maximum absolute atomic E-state index is 4.50. The van der Waals surface area contributed by atoms with E-state index in [4.69, 9.17) is 0 Å². The zero-order chi connectivity index (χ0) is 25.7. The molecule has 2 heterocycles. The summed E-state index contributed by atoms with van der Waals surface area (Å²) >= 11 is 0. The SMILES string of the molecule is C=C(CCCC(=C)N(C)CC(=C)N1CC2=C(C#Cc3ccccc31)CCC=C2)CN1C(=C)CCC1=C. The first kappa shape index (κ1) is 25.5. The van der Waals surface area contributed by atoms with Gasteiger partial charge in [-0.3, -0.25) is 0 Å². The van der Waals surface area contributed by atoms with Gasteiger partial charge in [0.25, 0.3) is 0 Å². The fraction of sp³-hybridized carbons (Fsp3) is 0.333. The van der Waals surface area contributed by atoms with Gasteiger partial charge in [0.2, 0.25) is 0 Å². The van der Waals surface area contributed by atoms with Gasteiger partial charge in [-0.2, -0.15) is 0 Å². The van der Waals surface area contributed by atoms with E-state index in [1.54, 1.807) is 0 Å². The Morgan fingerprint density at radius 2 is 1.75 bits per heavy atom. The molecule has 0 saturated carbocycles. The molecule has 1 aromatic carbocycles. The topological polar surface area (TPSA) is 9.72 Å². The molecular weight excluding hydrogens is 438 g/mol. The molecule has 3 heteroatoms. The number of hydrogen-bond donors (Lipinski definition) is 0. The minimum atomic E-state index is 0.724. The summed E-state index contributed by atoms with van der Waals surface area (Å²) in [6, 6.07) is 8.40. The molecule has 0 bridgehead atoms. The molecule has 4 rings (SSSR count). The number of para-hydroxylation sites is 1. The molecule has 1 aromatic rings. The number of likely N-dealkylation sites (N-methyl/N-ethyl adjacent to an activating group) is 1.